The molecule has 6 nitrogen and oxygen atoms in total. The van der Waals surface area contributed by atoms with E-state index in [1.807, 2.05) is 29.4 Å². The van der Waals surface area contributed by atoms with Gasteiger partial charge in [-0.2, -0.15) is 0 Å². The van der Waals surface area contributed by atoms with E-state index in [-0.39, 0.29) is 11.8 Å². The van der Waals surface area contributed by atoms with Gasteiger partial charge in [-0.3, -0.25) is 19.6 Å². The average molecular weight is 467 g/mol. The first kappa shape index (κ1) is 23.6. The molecule has 0 saturated heterocycles. The highest BCUT2D eigenvalue weighted by Crippen LogP contribution is 2.37. The molecule has 2 aromatic rings. The standard InChI is InChI=1S/C26H34N4O2S/c1-27-17-22-21-13-15-30(25(32)12-10-20-8-5-14-28-16-20)18-23(21)33-26(22)29-24(31)11-9-19-6-3-2-4-7-19/h5,8,14,16-17,19H,2-4,6-7,9-13,15,18H2,1H3,(H,29,31). The van der Waals surface area contributed by atoms with Gasteiger partial charge in [0.25, 0.3) is 0 Å². The summed E-state index contributed by atoms with van der Waals surface area (Å²) in [5.41, 5.74) is 3.33. The van der Waals surface area contributed by atoms with Crippen molar-refractivity contribution in [3.63, 3.8) is 0 Å². The van der Waals surface area contributed by atoms with Crippen LogP contribution < -0.4 is 5.32 Å². The Morgan fingerprint density at radius 3 is 2.88 bits per heavy atom. The van der Waals surface area contributed by atoms with E-state index in [0.717, 1.165) is 33.8 Å². The first-order valence-corrected chi connectivity index (χ1v) is 13.0. The molecule has 2 aromatic heterocycles. The van der Waals surface area contributed by atoms with Crippen LogP contribution in [0, 0.1) is 5.92 Å². The van der Waals surface area contributed by atoms with E-state index in [4.69, 9.17) is 0 Å². The molecule has 176 valence electrons. The number of aliphatic imine (C=N–C) groups is 1. The maximum Gasteiger partial charge on any atom is 0.224 e. The number of carbonyl (C=O) groups excluding carboxylic acids is 2. The summed E-state index contributed by atoms with van der Waals surface area (Å²) in [5.74, 6) is 0.958. The van der Waals surface area contributed by atoms with Crippen LogP contribution in [0.5, 0.6) is 0 Å². The van der Waals surface area contributed by atoms with E-state index in [1.54, 1.807) is 24.6 Å². The molecule has 1 aliphatic carbocycles. The van der Waals surface area contributed by atoms with Crippen molar-refractivity contribution in [2.75, 3.05) is 18.9 Å². The number of carbonyl (C=O) groups is 2. The van der Waals surface area contributed by atoms with Crippen molar-refractivity contribution < 1.29 is 9.59 Å². The average Bonchev–Trinajstić information content (AvgIpc) is 3.18. The van der Waals surface area contributed by atoms with Crippen molar-refractivity contribution in [3.05, 3.63) is 46.1 Å². The first-order valence-electron chi connectivity index (χ1n) is 12.2. The summed E-state index contributed by atoms with van der Waals surface area (Å²) in [4.78, 5) is 37.0. The molecule has 0 bridgehead atoms. The molecule has 1 saturated carbocycles. The Morgan fingerprint density at radius 1 is 1.27 bits per heavy atom. The molecule has 1 fully saturated rings. The van der Waals surface area contributed by atoms with Crippen molar-refractivity contribution in [1.29, 1.82) is 0 Å². The van der Waals surface area contributed by atoms with Crippen LogP contribution in [0.4, 0.5) is 5.00 Å². The van der Waals surface area contributed by atoms with Gasteiger partial charge in [-0.25, -0.2) is 0 Å². The third-order valence-electron chi connectivity index (χ3n) is 6.82. The minimum absolute atomic E-state index is 0.0920. The van der Waals surface area contributed by atoms with Gasteiger partial charge in [0, 0.05) is 55.5 Å². The number of nitrogens with one attached hydrogen (secondary N) is 1. The van der Waals surface area contributed by atoms with Gasteiger partial charge in [-0.1, -0.05) is 38.2 Å². The summed E-state index contributed by atoms with van der Waals surface area (Å²) in [6.07, 6.45) is 15.4. The van der Waals surface area contributed by atoms with Gasteiger partial charge in [-0.05, 0) is 42.4 Å². The fourth-order valence-corrected chi connectivity index (χ4v) is 6.21. The highest BCUT2D eigenvalue weighted by atomic mass is 32.1. The van der Waals surface area contributed by atoms with Crippen LogP contribution in [0.1, 0.15) is 72.9 Å². The van der Waals surface area contributed by atoms with E-state index in [1.165, 1.54) is 37.7 Å². The summed E-state index contributed by atoms with van der Waals surface area (Å²) >= 11 is 1.60. The topological polar surface area (TPSA) is 74.7 Å². The van der Waals surface area contributed by atoms with Crippen molar-refractivity contribution in [3.8, 4) is 0 Å². The third-order valence-corrected chi connectivity index (χ3v) is 7.96. The molecule has 2 aliphatic rings. The van der Waals surface area contributed by atoms with Gasteiger partial charge in [-0.15, -0.1) is 11.3 Å². The van der Waals surface area contributed by atoms with E-state index >= 15 is 0 Å². The summed E-state index contributed by atoms with van der Waals surface area (Å²) < 4.78 is 0. The van der Waals surface area contributed by atoms with Gasteiger partial charge >= 0.3 is 0 Å². The molecular weight excluding hydrogens is 432 g/mol. The number of fused-ring (bicyclic) bond motifs is 1. The molecule has 4 rings (SSSR count). The second-order valence-electron chi connectivity index (χ2n) is 9.15. The monoisotopic (exact) mass is 466 g/mol. The highest BCUT2D eigenvalue weighted by Gasteiger charge is 2.27. The van der Waals surface area contributed by atoms with Crippen molar-refractivity contribution in [2.45, 2.75) is 70.8 Å². The number of anilines is 1. The van der Waals surface area contributed by atoms with Crippen LogP contribution in [0.3, 0.4) is 0 Å². The minimum Gasteiger partial charge on any atom is -0.337 e. The maximum absolute atomic E-state index is 12.8. The lowest BCUT2D eigenvalue weighted by molar-refractivity contribution is -0.132. The van der Waals surface area contributed by atoms with Crippen LogP contribution in [-0.4, -0.2) is 41.5 Å². The van der Waals surface area contributed by atoms with Crippen LogP contribution in [0.15, 0.2) is 29.5 Å². The molecule has 0 unspecified atom stereocenters. The van der Waals surface area contributed by atoms with E-state index < -0.39 is 0 Å². The molecule has 0 radical (unpaired) electrons. The molecule has 1 N–H and O–H groups in total. The number of nitrogens with zero attached hydrogens (tertiary/aromatic N) is 3. The van der Waals surface area contributed by atoms with Crippen molar-refractivity contribution >= 4 is 34.4 Å². The molecular formula is C26H34N4O2S. The van der Waals surface area contributed by atoms with Crippen molar-refractivity contribution in [2.24, 2.45) is 10.9 Å². The second kappa shape index (κ2) is 11.5. The lowest BCUT2D eigenvalue weighted by atomic mass is 9.86. The maximum atomic E-state index is 12.8. The second-order valence-corrected chi connectivity index (χ2v) is 10.3. The Kier molecular flexibility index (Phi) is 8.26. The smallest absolute Gasteiger partial charge is 0.224 e. The fourth-order valence-electron chi connectivity index (χ4n) is 4.95. The quantitative estimate of drug-likeness (QED) is 0.556. The minimum atomic E-state index is 0.0920. The van der Waals surface area contributed by atoms with Gasteiger partial charge in [0.15, 0.2) is 0 Å². The molecule has 0 spiro atoms. The molecule has 2 amide bonds. The van der Waals surface area contributed by atoms with E-state index in [0.29, 0.717) is 38.3 Å². The predicted molar refractivity (Wildman–Crippen MR) is 134 cm³/mol. The largest absolute Gasteiger partial charge is 0.337 e. The zero-order valence-corrected chi connectivity index (χ0v) is 20.3. The summed E-state index contributed by atoms with van der Waals surface area (Å²) in [5, 5.41) is 4.04. The van der Waals surface area contributed by atoms with Crippen LogP contribution in [-0.2, 0) is 29.0 Å². The Hall–Kier alpha value is -2.54. The van der Waals surface area contributed by atoms with Gasteiger partial charge in [0.05, 0.1) is 6.54 Å². The number of hydrogen-bond acceptors (Lipinski definition) is 5. The zero-order valence-electron chi connectivity index (χ0n) is 19.5. The lowest BCUT2D eigenvalue weighted by Crippen LogP contribution is -2.35. The Morgan fingerprint density at radius 2 is 2.12 bits per heavy atom. The van der Waals surface area contributed by atoms with Gasteiger partial charge < -0.3 is 10.2 Å². The van der Waals surface area contributed by atoms with E-state index in [2.05, 4.69) is 15.3 Å². The Labute approximate surface area is 200 Å². The summed E-state index contributed by atoms with van der Waals surface area (Å²) in [6.45, 7) is 1.31. The highest BCUT2D eigenvalue weighted by molar-refractivity contribution is 7.16. The fraction of sp³-hybridized carbons (Fsp3) is 0.538. The number of aromatic nitrogens is 1. The number of thiophene rings is 1. The van der Waals surface area contributed by atoms with E-state index in [9.17, 15) is 9.59 Å². The molecule has 0 aromatic carbocycles. The number of rotatable bonds is 8. The predicted octanol–water partition coefficient (Wildman–Crippen LogP) is 5.01. The third kappa shape index (κ3) is 6.28. The molecule has 33 heavy (non-hydrogen) atoms. The zero-order chi connectivity index (χ0) is 23.0. The number of aryl methyl sites for hydroxylation is 1. The van der Waals surface area contributed by atoms with Gasteiger partial charge in [0.2, 0.25) is 11.8 Å². The molecule has 0 atom stereocenters. The van der Waals surface area contributed by atoms with Crippen LogP contribution in [0.25, 0.3) is 0 Å². The number of hydrogen-bond donors (Lipinski definition) is 1. The number of pyridine rings is 1. The summed E-state index contributed by atoms with van der Waals surface area (Å²) in [7, 11) is 1.76. The number of amides is 2. The van der Waals surface area contributed by atoms with Crippen LogP contribution >= 0.6 is 11.3 Å². The molecule has 7 heteroatoms. The van der Waals surface area contributed by atoms with Crippen molar-refractivity contribution in [1.82, 2.24) is 9.88 Å². The molecule has 3 heterocycles. The lowest BCUT2D eigenvalue weighted by Gasteiger charge is -2.27. The SMILES string of the molecule is CN=Cc1c(NC(=O)CCC2CCCCC2)sc2c1CCN(C(=O)CCc1cccnc1)C2. The Balaban J connectivity index is 1.37. The first-order chi connectivity index (χ1) is 16.1. The molecule has 1 aliphatic heterocycles. The van der Waals surface area contributed by atoms with Crippen LogP contribution in [0.2, 0.25) is 0 Å². The Bertz CT molecular complexity index is 980. The summed E-state index contributed by atoms with van der Waals surface area (Å²) in [6, 6.07) is 3.91. The normalized spacial score (nSPS) is 16.7. The van der Waals surface area contributed by atoms with Gasteiger partial charge in [0.1, 0.15) is 5.00 Å².